The fourth-order valence-corrected chi connectivity index (χ4v) is 2.53. The number of ether oxygens (including phenoxy) is 1. The van der Waals surface area contributed by atoms with Crippen molar-refractivity contribution in [3.8, 4) is 5.75 Å². The molecule has 1 aromatic carbocycles. The van der Waals surface area contributed by atoms with Crippen LogP contribution in [0.15, 0.2) is 18.2 Å². The highest BCUT2D eigenvalue weighted by Gasteiger charge is 2.35. The number of hydrogen-bond acceptors (Lipinski definition) is 2. The van der Waals surface area contributed by atoms with E-state index in [4.69, 9.17) is 4.74 Å². The maximum atomic E-state index is 10.2. The van der Waals surface area contributed by atoms with Gasteiger partial charge in [0.2, 0.25) is 0 Å². The van der Waals surface area contributed by atoms with Crippen molar-refractivity contribution in [1.82, 2.24) is 0 Å². The largest absolute Gasteiger partial charge is 0.487 e. The Hall–Kier alpha value is -1.02. The number of rotatable bonds is 2. The van der Waals surface area contributed by atoms with Crippen molar-refractivity contribution >= 4 is 0 Å². The van der Waals surface area contributed by atoms with E-state index in [0.29, 0.717) is 6.42 Å². The summed E-state index contributed by atoms with van der Waals surface area (Å²) < 4.78 is 6.03. The van der Waals surface area contributed by atoms with Crippen LogP contribution in [0, 0.1) is 6.92 Å². The Labute approximate surface area is 97.3 Å². The third-order valence-corrected chi connectivity index (χ3v) is 3.28. The molecule has 0 saturated carbocycles. The molecule has 0 aromatic heterocycles. The minimum Gasteiger partial charge on any atom is -0.487 e. The molecule has 1 aromatic rings. The zero-order valence-corrected chi connectivity index (χ0v) is 10.3. The summed E-state index contributed by atoms with van der Waals surface area (Å²) in [5.41, 5.74) is 1.89. The number of benzene rings is 1. The molecule has 2 unspecified atom stereocenters. The number of hydrogen-bond donors (Lipinski definition) is 1. The van der Waals surface area contributed by atoms with E-state index in [2.05, 4.69) is 13.8 Å². The van der Waals surface area contributed by atoms with Crippen LogP contribution >= 0.6 is 0 Å². The SMILES string of the molecule is CCCC1(C)CC(O)c2cc(C)ccc2O1. The number of aryl methyl sites for hydroxylation is 1. The molecule has 1 N–H and O–H groups in total. The quantitative estimate of drug-likeness (QED) is 0.828. The van der Waals surface area contributed by atoms with Gasteiger partial charge in [-0.25, -0.2) is 0 Å². The monoisotopic (exact) mass is 220 g/mol. The maximum Gasteiger partial charge on any atom is 0.125 e. The molecule has 0 bridgehead atoms. The molecule has 0 radical (unpaired) electrons. The molecule has 2 atom stereocenters. The minimum absolute atomic E-state index is 0.212. The molecule has 1 aliphatic rings. The van der Waals surface area contributed by atoms with Crippen LogP contribution in [0.25, 0.3) is 0 Å². The summed E-state index contributed by atoms with van der Waals surface area (Å²) in [5, 5.41) is 10.2. The Bertz CT molecular complexity index is 386. The van der Waals surface area contributed by atoms with Gasteiger partial charge in [0.05, 0.1) is 6.10 Å². The fourth-order valence-electron chi connectivity index (χ4n) is 2.53. The summed E-state index contributed by atoms with van der Waals surface area (Å²) in [6.07, 6.45) is 2.36. The molecule has 1 aliphatic heterocycles. The second kappa shape index (κ2) is 4.10. The first-order valence-electron chi connectivity index (χ1n) is 6.02. The highest BCUT2D eigenvalue weighted by Crippen LogP contribution is 2.41. The van der Waals surface area contributed by atoms with Gasteiger partial charge in [0.1, 0.15) is 11.4 Å². The van der Waals surface area contributed by atoms with Gasteiger partial charge in [-0.1, -0.05) is 25.0 Å². The second-order valence-electron chi connectivity index (χ2n) is 5.06. The van der Waals surface area contributed by atoms with E-state index < -0.39 is 0 Å². The van der Waals surface area contributed by atoms with Crippen LogP contribution in [0.2, 0.25) is 0 Å². The third-order valence-electron chi connectivity index (χ3n) is 3.28. The maximum absolute atomic E-state index is 10.2. The lowest BCUT2D eigenvalue weighted by Gasteiger charge is -2.38. The third kappa shape index (κ3) is 2.07. The van der Waals surface area contributed by atoms with Gasteiger partial charge in [-0.2, -0.15) is 0 Å². The molecule has 0 saturated heterocycles. The minimum atomic E-state index is -0.389. The van der Waals surface area contributed by atoms with Gasteiger partial charge in [0, 0.05) is 12.0 Å². The average molecular weight is 220 g/mol. The molecule has 2 heteroatoms. The highest BCUT2D eigenvalue weighted by atomic mass is 16.5. The van der Waals surface area contributed by atoms with Crippen molar-refractivity contribution in [3.05, 3.63) is 29.3 Å². The van der Waals surface area contributed by atoms with Crippen molar-refractivity contribution < 1.29 is 9.84 Å². The van der Waals surface area contributed by atoms with E-state index in [-0.39, 0.29) is 11.7 Å². The molecule has 0 spiro atoms. The van der Waals surface area contributed by atoms with Crippen molar-refractivity contribution in [2.75, 3.05) is 0 Å². The first-order valence-corrected chi connectivity index (χ1v) is 6.02. The molecule has 0 fully saturated rings. The Balaban J connectivity index is 2.33. The molecule has 0 amide bonds. The summed E-state index contributed by atoms with van der Waals surface area (Å²) in [5.74, 6) is 0.848. The molecule has 0 aliphatic carbocycles. The first kappa shape index (κ1) is 11.5. The van der Waals surface area contributed by atoms with Crippen molar-refractivity contribution in [3.63, 3.8) is 0 Å². The molecular weight excluding hydrogens is 200 g/mol. The van der Waals surface area contributed by atoms with E-state index in [1.54, 1.807) is 0 Å². The van der Waals surface area contributed by atoms with Crippen LogP contribution in [-0.2, 0) is 0 Å². The predicted octanol–water partition coefficient (Wildman–Crippen LogP) is 3.37. The standard InChI is InChI=1S/C14H20O2/c1-4-7-14(3)9-12(15)11-8-10(2)5-6-13(11)16-14/h5-6,8,12,15H,4,7,9H2,1-3H3. The fraction of sp³-hybridized carbons (Fsp3) is 0.571. The highest BCUT2D eigenvalue weighted by molar-refractivity contribution is 5.40. The van der Waals surface area contributed by atoms with Crippen LogP contribution in [0.4, 0.5) is 0 Å². The molecular formula is C14H20O2. The zero-order valence-electron chi connectivity index (χ0n) is 10.3. The summed E-state index contributed by atoms with van der Waals surface area (Å²) in [6, 6.07) is 6.02. The molecule has 2 nitrogen and oxygen atoms in total. The van der Waals surface area contributed by atoms with Crippen LogP contribution < -0.4 is 4.74 Å². The summed E-state index contributed by atoms with van der Waals surface area (Å²) in [4.78, 5) is 0. The lowest BCUT2D eigenvalue weighted by Crippen LogP contribution is -2.38. The van der Waals surface area contributed by atoms with Gasteiger partial charge in [0.15, 0.2) is 0 Å². The van der Waals surface area contributed by atoms with Crippen LogP contribution in [-0.4, -0.2) is 10.7 Å². The van der Waals surface area contributed by atoms with E-state index in [0.717, 1.165) is 24.2 Å². The van der Waals surface area contributed by atoms with Crippen molar-refractivity contribution in [2.45, 2.75) is 51.7 Å². The van der Waals surface area contributed by atoms with E-state index in [1.165, 1.54) is 5.56 Å². The van der Waals surface area contributed by atoms with Gasteiger partial charge in [-0.15, -0.1) is 0 Å². The molecule has 1 heterocycles. The number of aliphatic hydroxyl groups excluding tert-OH is 1. The van der Waals surface area contributed by atoms with Crippen molar-refractivity contribution in [1.29, 1.82) is 0 Å². The zero-order chi connectivity index (χ0) is 11.8. The number of fused-ring (bicyclic) bond motifs is 1. The van der Waals surface area contributed by atoms with Gasteiger partial charge in [-0.05, 0) is 32.4 Å². The van der Waals surface area contributed by atoms with Crippen molar-refractivity contribution in [2.24, 2.45) is 0 Å². The Morgan fingerprint density at radius 1 is 1.50 bits per heavy atom. The van der Waals surface area contributed by atoms with Gasteiger partial charge < -0.3 is 9.84 Å². The topological polar surface area (TPSA) is 29.5 Å². The number of aliphatic hydroxyl groups is 1. The Morgan fingerprint density at radius 3 is 2.94 bits per heavy atom. The summed E-state index contributed by atoms with van der Waals surface area (Å²) in [7, 11) is 0. The molecule has 16 heavy (non-hydrogen) atoms. The van der Waals surface area contributed by atoms with Gasteiger partial charge >= 0.3 is 0 Å². The van der Waals surface area contributed by atoms with Crippen LogP contribution in [0.5, 0.6) is 5.75 Å². The van der Waals surface area contributed by atoms with E-state index in [1.807, 2.05) is 25.1 Å². The van der Waals surface area contributed by atoms with Crippen LogP contribution in [0.3, 0.4) is 0 Å². The molecule has 88 valence electrons. The van der Waals surface area contributed by atoms with Gasteiger partial charge in [-0.3, -0.25) is 0 Å². The second-order valence-corrected chi connectivity index (χ2v) is 5.06. The average Bonchev–Trinajstić information content (AvgIpc) is 2.19. The van der Waals surface area contributed by atoms with E-state index in [9.17, 15) is 5.11 Å². The van der Waals surface area contributed by atoms with Gasteiger partial charge in [0.25, 0.3) is 0 Å². The smallest absolute Gasteiger partial charge is 0.125 e. The lowest BCUT2D eigenvalue weighted by molar-refractivity contribution is -0.00737. The first-order chi connectivity index (χ1) is 7.54. The predicted molar refractivity (Wildman–Crippen MR) is 64.7 cm³/mol. The Morgan fingerprint density at radius 2 is 2.25 bits per heavy atom. The molecule has 2 rings (SSSR count). The summed E-state index contributed by atoms with van der Waals surface area (Å²) in [6.45, 7) is 6.26. The Kier molecular flexibility index (Phi) is 2.94. The van der Waals surface area contributed by atoms with Crippen LogP contribution in [0.1, 0.15) is 50.3 Å². The lowest BCUT2D eigenvalue weighted by atomic mass is 9.87. The summed E-state index contributed by atoms with van der Waals surface area (Å²) >= 11 is 0. The van der Waals surface area contributed by atoms with E-state index >= 15 is 0 Å². The normalized spacial score (nSPS) is 28.4.